The van der Waals surface area contributed by atoms with Gasteiger partial charge >= 0.3 is 0 Å². The summed E-state index contributed by atoms with van der Waals surface area (Å²) in [5.41, 5.74) is 2.65. The Morgan fingerprint density at radius 2 is 1.70 bits per heavy atom. The average molecular weight is 353 g/mol. The van der Waals surface area contributed by atoms with Gasteiger partial charge in [0.1, 0.15) is 0 Å². The van der Waals surface area contributed by atoms with Crippen LogP contribution in [0.3, 0.4) is 0 Å². The van der Waals surface area contributed by atoms with Gasteiger partial charge in [0.25, 0.3) is 0 Å². The number of anilines is 1. The van der Waals surface area contributed by atoms with Crippen molar-refractivity contribution in [3.05, 3.63) is 63.6 Å². The number of benzene rings is 2. The highest BCUT2D eigenvalue weighted by Gasteiger charge is 2.14. The molecule has 0 aliphatic rings. The van der Waals surface area contributed by atoms with Crippen LogP contribution in [0.25, 0.3) is 0 Å². The van der Waals surface area contributed by atoms with E-state index in [0.717, 1.165) is 6.42 Å². The molecule has 0 amide bonds. The smallest absolute Gasteiger partial charge is 0.0915 e. The SMILES string of the molecule is CNc1c(Cl)cc([C@@H](O)CNC(C)Cc2ccccc2)cc1Cl. The van der Waals surface area contributed by atoms with Crippen LogP contribution in [0.5, 0.6) is 0 Å². The lowest BCUT2D eigenvalue weighted by Crippen LogP contribution is -2.32. The molecule has 5 heteroatoms. The predicted molar refractivity (Wildman–Crippen MR) is 98.6 cm³/mol. The molecule has 0 saturated heterocycles. The Kier molecular flexibility index (Phi) is 6.72. The van der Waals surface area contributed by atoms with Gasteiger partial charge in [0, 0.05) is 19.6 Å². The van der Waals surface area contributed by atoms with E-state index in [-0.39, 0.29) is 6.04 Å². The van der Waals surface area contributed by atoms with Crippen LogP contribution < -0.4 is 10.6 Å². The minimum atomic E-state index is -0.658. The van der Waals surface area contributed by atoms with E-state index in [4.69, 9.17) is 23.2 Å². The predicted octanol–water partition coefficient (Wildman–Crippen LogP) is 4.29. The lowest BCUT2D eigenvalue weighted by molar-refractivity contribution is 0.170. The molecule has 3 N–H and O–H groups in total. The van der Waals surface area contributed by atoms with Crippen molar-refractivity contribution in [3.63, 3.8) is 0 Å². The minimum Gasteiger partial charge on any atom is -0.387 e. The monoisotopic (exact) mass is 352 g/mol. The van der Waals surface area contributed by atoms with E-state index in [9.17, 15) is 5.11 Å². The van der Waals surface area contributed by atoms with Crippen LogP contribution in [0.2, 0.25) is 10.0 Å². The van der Waals surface area contributed by atoms with Gasteiger partial charge in [-0.3, -0.25) is 0 Å². The Morgan fingerprint density at radius 1 is 1.09 bits per heavy atom. The highest BCUT2D eigenvalue weighted by atomic mass is 35.5. The lowest BCUT2D eigenvalue weighted by atomic mass is 10.1. The highest BCUT2D eigenvalue weighted by molar-refractivity contribution is 6.39. The Bertz CT molecular complexity index is 611. The Morgan fingerprint density at radius 3 is 2.26 bits per heavy atom. The van der Waals surface area contributed by atoms with Crippen LogP contribution >= 0.6 is 23.2 Å². The van der Waals surface area contributed by atoms with E-state index in [0.29, 0.717) is 27.8 Å². The maximum absolute atomic E-state index is 10.3. The van der Waals surface area contributed by atoms with Crippen molar-refractivity contribution in [2.75, 3.05) is 18.9 Å². The number of aliphatic hydroxyl groups excluding tert-OH is 1. The Labute approximate surface area is 147 Å². The molecule has 23 heavy (non-hydrogen) atoms. The first-order chi connectivity index (χ1) is 11.0. The molecule has 2 aromatic rings. The van der Waals surface area contributed by atoms with Crippen LogP contribution in [0, 0.1) is 0 Å². The van der Waals surface area contributed by atoms with Crippen molar-refractivity contribution in [2.45, 2.75) is 25.5 Å². The second kappa shape index (κ2) is 8.55. The van der Waals surface area contributed by atoms with E-state index >= 15 is 0 Å². The fourth-order valence-electron chi connectivity index (χ4n) is 2.49. The van der Waals surface area contributed by atoms with Crippen molar-refractivity contribution in [1.29, 1.82) is 0 Å². The van der Waals surface area contributed by atoms with Gasteiger partial charge in [0.15, 0.2) is 0 Å². The largest absolute Gasteiger partial charge is 0.387 e. The van der Waals surface area contributed by atoms with Crippen molar-refractivity contribution in [1.82, 2.24) is 5.32 Å². The van der Waals surface area contributed by atoms with Crippen LogP contribution in [0.1, 0.15) is 24.2 Å². The zero-order valence-electron chi connectivity index (χ0n) is 13.3. The van der Waals surface area contributed by atoms with E-state index in [2.05, 4.69) is 29.7 Å². The van der Waals surface area contributed by atoms with Crippen LogP contribution in [-0.4, -0.2) is 24.7 Å². The minimum absolute atomic E-state index is 0.259. The van der Waals surface area contributed by atoms with Gasteiger partial charge < -0.3 is 15.7 Å². The van der Waals surface area contributed by atoms with Gasteiger partial charge in [-0.25, -0.2) is 0 Å². The molecule has 0 aliphatic carbocycles. The molecule has 2 atom stereocenters. The summed E-state index contributed by atoms with van der Waals surface area (Å²) in [6, 6.07) is 14.0. The van der Waals surface area contributed by atoms with Crippen molar-refractivity contribution in [3.8, 4) is 0 Å². The van der Waals surface area contributed by atoms with Crippen LogP contribution in [0.4, 0.5) is 5.69 Å². The molecule has 1 unspecified atom stereocenters. The lowest BCUT2D eigenvalue weighted by Gasteiger charge is -2.19. The molecule has 124 valence electrons. The van der Waals surface area contributed by atoms with Gasteiger partial charge in [-0.2, -0.15) is 0 Å². The van der Waals surface area contributed by atoms with Gasteiger partial charge in [-0.15, -0.1) is 0 Å². The van der Waals surface area contributed by atoms with Gasteiger partial charge in [0.05, 0.1) is 21.8 Å². The van der Waals surface area contributed by atoms with Crippen LogP contribution in [0.15, 0.2) is 42.5 Å². The average Bonchev–Trinajstić information content (AvgIpc) is 2.53. The third-order valence-corrected chi connectivity index (χ3v) is 4.34. The molecular weight excluding hydrogens is 331 g/mol. The fraction of sp³-hybridized carbons (Fsp3) is 0.333. The molecule has 0 saturated carbocycles. The molecule has 0 fully saturated rings. The van der Waals surface area contributed by atoms with Crippen molar-refractivity contribution < 1.29 is 5.11 Å². The number of hydrogen-bond donors (Lipinski definition) is 3. The standard InChI is InChI=1S/C18H22Cl2N2O/c1-12(8-13-6-4-3-5-7-13)22-11-17(23)14-9-15(19)18(21-2)16(20)10-14/h3-7,9-10,12,17,21-23H,8,11H2,1-2H3/t12?,17-/m0/s1. The second-order valence-electron chi connectivity index (χ2n) is 5.62. The summed E-state index contributed by atoms with van der Waals surface area (Å²) in [5.74, 6) is 0. The molecule has 0 heterocycles. The molecule has 3 nitrogen and oxygen atoms in total. The number of halogens is 2. The normalized spacial score (nSPS) is 13.6. The summed E-state index contributed by atoms with van der Waals surface area (Å²) in [4.78, 5) is 0. The summed E-state index contributed by atoms with van der Waals surface area (Å²) in [5, 5.41) is 17.7. The van der Waals surface area contributed by atoms with Crippen LogP contribution in [-0.2, 0) is 6.42 Å². The molecule has 0 aromatic heterocycles. The second-order valence-corrected chi connectivity index (χ2v) is 6.44. The third-order valence-electron chi connectivity index (χ3n) is 3.74. The van der Waals surface area contributed by atoms with Gasteiger partial charge in [0.2, 0.25) is 0 Å². The third kappa shape index (κ3) is 5.11. The Balaban J connectivity index is 1.93. The number of rotatable bonds is 7. The molecule has 2 aromatic carbocycles. The molecule has 2 rings (SSSR count). The zero-order chi connectivity index (χ0) is 16.8. The summed E-state index contributed by atoms with van der Waals surface area (Å²) >= 11 is 12.3. The molecule has 0 spiro atoms. The van der Waals surface area contributed by atoms with Gasteiger partial charge in [-0.1, -0.05) is 53.5 Å². The quantitative estimate of drug-likeness (QED) is 0.696. The maximum atomic E-state index is 10.3. The zero-order valence-corrected chi connectivity index (χ0v) is 14.8. The van der Waals surface area contributed by atoms with E-state index < -0.39 is 6.10 Å². The van der Waals surface area contributed by atoms with E-state index in [1.54, 1.807) is 19.2 Å². The van der Waals surface area contributed by atoms with E-state index in [1.165, 1.54) is 5.56 Å². The molecule has 0 bridgehead atoms. The summed E-state index contributed by atoms with van der Waals surface area (Å²) in [6.07, 6.45) is 0.252. The fourth-order valence-corrected chi connectivity index (χ4v) is 3.19. The summed E-state index contributed by atoms with van der Waals surface area (Å²) in [7, 11) is 1.76. The molecular formula is C18H22Cl2N2O. The maximum Gasteiger partial charge on any atom is 0.0915 e. The first-order valence-electron chi connectivity index (χ1n) is 7.63. The number of hydrogen-bond acceptors (Lipinski definition) is 3. The molecule has 0 radical (unpaired) electrons. The summed E-state index contributed by atoms with van der Waals surface area (Å²) < 4.78 is 0. The number of nitrogens with one attached hydrogen (secondary N) is 2. The highest BCUT2D eigenvalue weighted by Crippen LogP contribution is 2.33. The van der Waals surface area contributed by atoms with Gasteiger partial charge in [-0.05, 0) is 36.6 Å². The van der Waals surface area contributed by atoms with Crippen molar-refractivity contribution in [2.24, 2.45) is 0 Å². The summed E-state index contributed by atoms with van der Waals surface area (Å²) in [6.45, 7) is 2.54. The molecule has 0 aliphatic heterocycles. The Hall–Kier alpha value is -1.26. The first-order valence-corrected chi connectivity index (χ1v) is 8.39. The van der Waals surface area contributed by atoms with E-state index in [1.807, 2.05) is 18.2 Å². The topological polar surface area (TPSA) is 44.3 Å². The first kappa shape index (κ1) is 18.1. The van der Waals surface area contributed by atoms with Crippen molar-refractivity contribution >= 4 is 28.9 Å². The number of aliphatic hydroxyl groups is 1.